The molecule has 0 unspecified atom stereocenters. The van der Waals surface area contributed by atoms with Crippen LogP contribution in [0.15, 0.2) is 47.6 Å². The van der Waals surface area contributed by atoms with Gasteiger partial charge in [-0.2, -0.15) is 0 Å². The second-order valence-corrected chi connectivity index (χ2v) is 6.98. The quantitative estimate of drug-likeness (QED) is 0.271. The van der Waals surface area contributed by atoms with E-state index in [-0.39, 0.29) is 24.0 Å². The number of nitrogens with zero attached hydrogens (tertiary/aromatic N) is 1. The molecule has 3 aromatic rings. The fraction of sp³-hybridized carbons (Fsp3) is 0.318. The molecule has 0 radical (unpaired) electrons. The standard InChI is InChI=1S/C22H26N4O2.HI/c1-15-3-5-18-17(13-26-19(18)11-15)8-10-25-22(23-2)24-9-7-16-4-6-20-21(12-16)28-14-27-20;/h3-6,11-13,26H,7-10,14H2,1-2H3,(H2,23,24,25);1H. The third-order valence-electron chi connectivity index (χ3n) is 4.98. The number of aliphatic imine (C=N–C) groups is 1. The number of hydrogen-bond donors (Lipinski definition) is 3. The molecule has 0 saturated heterocycles. The van der Waals surface area contributed by atoms with Crippen LogP contribution in [0.5, 0.6) is 11.5 Å². The van der Waals surface area contributed by atoms with Crippen LogP contribution in [0.25, 0.3) is 10.9 Å². The number of hydrogen-bond acceptors (Lipinski definition) is 3. The maximum Gasteiger partial charge on any atom is 0.231 e. The monoisotopic (exact) mass is 506 g/mol. The molecule has 1 aliphatic heterocycles. The lowest BCUT2D eigenvalue weighted by Crippen LogP contribution is -2.39. The molecule has 2 heterocycles. The van der Waals surface area contributed by atoms with Crippen molar-refractivity contribution in [1.82, 2.24) is 15.6 Å². The van der Waals surface area contributed by atoms with Gasteiger partial charge in [0.05, 0.1) is 0 Å². The molecule has 0 amide bonds. The summed E-state index contributed by atoms with van der Waals surface area (Å²) in [6.07, 6.45) is 3.92. The molecule has 1 aliphatic rings. The third kappa shape index (κ3) is 5.14. The first-order chi connectivity index (χ1) is 13.7. The van der Waals surface area contributed by atoms with E-state index in [0.29, 0.717) is 6.79 Å². The van der Waals surface area contributed by atoms with Gasteiger partial charge >= 0.3 is 0 Å². The molecule has 0 bridgehead atoms. The Bertz CT molecular complexity index is 1000. The summed E-state index contributed by atoms with van der Waals surface area (Å²) >= 11 is 0. The first kappa shape index (κ1) is 21.3. The lowest BCUT2D eigenvalue weighted by Gasteiger charge is -2.12. The molecular formula is C22H27IN4O2. The molecule has 6 nitrogen and oxygen atoms in total. The van der Waals surface area contributed by atoms with E-state index < -0.39 is 0 Å². The molecule has 0 atom stereocenters. The number of rotatable bonds is 6. The SMILES string of the molecule is CN=C(NCCc1ccc2c(c1)OCO2)NCCc1c[nH]c2cc(C)ccc12.I. The van der Waals surface area contributed by atoms with Crippen molar-refractivity contribution < 1.29 is 9.47 Å². The van der Waals surface area contributed by atoms with Gasteiger partial charge in [-0.1, -0.05) is 18.2 Å². The molecule has 0 aliphatic carbocycles. The van der Waals surface area contributed by atoms with Gasteiger partial charge in [0, 0.05) is 37.2 Å². The zero-order valence-electron chi connectivity index (χ0n) is 16.7. The summed E-state index contributed by atoms with van der Waals surface area (Å²) < 4.78 is 10.8. The van der Waals surface area contributed by atoms with Crippen LogP contribution in [0.2, 0.25) is 0 Å². The Kier molecular flexibility index (Phi) is 7.24. The highest BCUT2D eigenvalue weighted by atomic mass is 127. The number of nitrogens with one attached hydrogen (secondary N) is 3. The van der Waals surface area contributed by atoms with Gasteiger partial charge < -0.3 is 25.1 Å². The first-order valence-corrected chi connectivity index (χ1v) is 9.62. The largest absolute Gasteiger partial charge is 0.454 e. The van der Waals surface area contributed by atoms with E-state index in [2.05, 4.69) is 58.0 Å². The number of H-pyrrole nitrogens is 1. The Morgan fingerprint density at radius 1 is 1.03 bits per heavy atom. The molecule has 2 aromatic carbocycles. The maximum absolute atomic E-state index is 5.43. The molecule has 0 saturated carbocycles. The van der Waals surface area contributed by atoms with E-state index in [9.17, 15) is 0 Å². The highest BCUT2D eigenvalue weighted by Gasteiger charge is 2.13. The van der Waals surface area contributed by atoms with E-state index in [1.54, 1.807) is 7.05 Å². The number of halogens is 1. The third-order valence-corrected chi connectivity index (χ3v) is 4.98. The number of benzene rings is 2. The van der Waals surface area contributed by atoms with Gasteiger partial charge in [0.25, 0.3) is 0 Å². The Labute approximate surface area is 188 Å². The number of guanidine groups is 1. The fourth-order valence-corrected chi connectivity index (χ4v) is 3.46. The van der Waals surface area contributed by atoms with Crippen LogP contribution in [0.4, 0.5) is 0 Å². The number of aryl methyl sites for hydroxylation is 1. The Balaban J connectivity index is 0.00000240. The molecule has 7 heteroatoms. The highest BCUT2D eigenvalue weighted by molar-refractivity contribution is 14.0. The minimum Gasteiger partial charge on any atom is -0.454 e. The predicted molar refractivity (Wildman–Crippen MR) is 128 cm³/mol. The van der Waals surface area contributed by atoms with Gasteiger partial charge in [0.1, 0.15) is 0 Å². The van der Waals surface area contributed by atoms with Gasteiger partial charge in [-0.25, -0.2) is 0 Å². The van der Waals surface area contributed by atoms with Crippen LogP contribution in [0, 0.1) is 6.92 Å². The lowest BCUT2D eigenvalue weighted by atomic mass is 10.1. The smallest absolute Gasteiger partial charge is 0.231 e. The van der Waals surface area contributed by atoms with Crippen molar-refractivity contribution in [3.8, 4) is 11.5 Å². The number of aromatic amines is 1. The summed E-state index contributed by atoms with van der Waals surface area (Å²) in [7, 11) is 1.80. The summed E-state index contributed by atoms with van der Waals surface area (Å²) in [6, 6.07) is 12.6. The summed E-state index contributed by atoms with van der Waals surface area (Å²) in [6.45, 7) is 4.04. The molecule has 0 spiro atoms. The van der Waals surface area contributed by atoms with Crippen LogP contribution in [0.1, 0.15) is 16.7 Å². The molecule has 29 heavy (non-hydrogen) atoms. The molecular weight excluding hydrogens is 479 g/mol. The molecule has 1 aromatic heterocycles. The van der Waals surface area contributed by atoms with Crippen LogP contribution in [-0.2, 0) is 12.8 Å². The van der Waals surface area contributed by atoms with Crippen molar-refractivity contribution in [2.45, 2.75) is 19.8 Å². The molecule has 154 valence electrons. The lowest BCUT2D eigenvalue weighted by molar-refractivity contribution is 0.174. The van der Waals surface area contributed by atoms with Crippen LogP contribution in [0.3, 0.4) is 0 Å². The second kappa shape index (κ2) is 9.87. The van der Waals surface area contributed by atoms with E-state index in [0.717, 1.165) is 43.4 Å². The molecule has 4 rings (SSSR count). The van der Waals surface area contributed by atoms with E-state index in [4.69, 9.17) is 9.47 Å². The van der Waals surface area contributed by atoms with Gasteiger partial charge in [0.2, 0.25) is 6.79 Å². The van der Waals surface area contributed by atoms with Crippen molar-refractivity contribution in [2.24, 2.45) is 4.99 Å². The normalized spacial score (nSPS) is 12.7. The average Bonchev–Trinajstić information content (AvgIpc) is 3.33. The topological polar surface area (TPSA) is 70.7 Å². The maximum atomic E-state index is 5.43. The fourth-order valence-electron chi connectivity index (χ4n) is 3.46. The van der Waals surface area contributed by atoms with Crippen LogP contribution >= 0.6 is 24.0 Å². The number of fused-ring (bicyclic) bond motifs is 2. The molecule has 0 fully saturated rings. The van der Waals surface area contributed by atoms with Crippen molar-refractivity contribution in [3.63, 3.8) is 0 Å². The van der Waals surface area contributed by atoms with Gasteiger partial charge in [-0.05, 0) is 54.7 Å². The average molecular weight is 506 g/mol. The number of aromatic nitrogens is 1. The van der Waals surface area contributed by atoms with E-state index >= 15 is 0 Å². The number of ether oxygens (including phenoxy) is 2. The van der Waals surface area contributed by atoms with Crippen molar-refractivity contribution in [3.05, 3.63) is 59.3 Å². The molecule has 3 N–H and O–H groups in total. The summed E-state index contributed by atoms with van der Waals surface area (Å²) in [5.74, 6) is 2.46. The van der Waals surface area contributed by atoms with Gasteiger partial charge in [-0.3, -0.25) is 4.99 Å². The highest BCUT2D eigenvalue weighted by Crippen LogP contribution is 2.32. The summed E-state index contributed by atoms with van der Waals surface area (Å²) in [5, 5.41) is 8.05. The second-order valence-electron chi connectivity index (χ2n) is 6.98. The zero-order chi connectivity index (χ0) is 19.3. The minimum atomic E-state index is 0. The van der Waals surface area contributed by atoms with Crippen LogP contribution < -0.4 is 20.1 Å². The minimum absolute atomic E-state index is 0. The summed E-state index contributed by atoms with van der Waals surface area (Å²) in [4.78, 5) is 7.67. The Morgan fingerprint density at radius 2 is 1.83 bits per heavy atom. The van der Waals surface area contributed by atoms with E-state index in [1.165, 1.54) is 27.6 Å². The van der Waals surface area contributed by atoms with E-state index in [1.807, 2.05) is 12.1 Å². The predicted octanol–water partition coefficient (Wildman–Crippen LogP) is 3.77. The van der Waals surface area contributed by atoms with Gasteiger partial charge in [0.15, 0.2) is 17.5 Å². The van der Waals surface area contributed by atoms with Crippen molar-refractivity contribution in [2.75, 3.05) is 26.9 Å². The first-order valence-electron chi connectivity index (χ1n) is 9.62. The Morgan fingerprint density at radius 3 is 2.66 bits per heavy atom. The Hall–Kier alpha value is -2.42. The summed E-state index contributed by atoms with van der Waals surface area (Å²) in [5.41, 5.74) is 4.99. The zero-order valence-corrected chi connectivity index (χ0v) is 19.1. The van der Waals surface area contributed by atoms with Crippen molar-refractivity contribution in [1.29, 1.82) is 0 Å². The van der Waals surface area contributed by atoms with Gasteiger partial charge in [-0.15, -0.1) is 24.0 Å². The van der Waals surface area contributed by atoms with Crippen molar-refractivity contribution >= 4 is 40.8 Å². The van der Waals surface area contributed by atoms with Crippen LogP contribution in [-0.4, -0.2) is 37.9 Å².